The van der Waals surface area contributed by atoms with Crippen LogP contribution in [0.1, 0.15) is 17.2 Å². The van der Waals surface area contributed by atoms with Gasteiger partial charge in [-0.3, -0.25) is 19.7 Å². The number of nitrogens with zero attached hydrogens (tertiary/aromatic N) is 3. The van der Waals surface area contributed by atoms with E-state index in [0.717, 1.165) is 11.0 Å². The van der Waals surface area contributed by atoms with Crippen LogP contribution in [0.25, 0.3) is 5.76 Å². The topological polar surface area (TPSA) is 125 Å². The predicted molar refractivity (Wildman–Crippen MR) is 99.2 cm³/mol. The Morgan fingerprint density at radius 1 is 1.25 bits per heavy atom. The minimum atomic E-state index is -1.02. The van der Waals surface area contributed by atoms with E-state index < -0.39 is 28.4 Å². The number of hydrogen-bond donors (Lipinski definition) is 1. The second-order valence-corrected chi connectivity index (χ2v) is 6.38. The quantitative estimate of drug-likeness (QED) is 0.211. The van der Waals surface area contributed by atoms with Gasteiger partial charge in [-0.2, -0.15) is 5.26 Å². The fourth-order valence-corrected chi connectivity index (χ4v) is 3.16. The number of nitriles is 1. The SMILES string of the molecule is N#CCN1C(=O)C(=O)/C(=C(/O)c2cccc([N+](=O)[O-])c2)C1c1ccc(Cl)cc1. The minimum Gasteiger partial charge on any atom is -0.507 e. The minimum absolute atomic E-state index is 0.0168. The number of rotatable bonds is 4. The number of likely N-dealkylation sites (tertiary alicyclic amines) is 1. The molecule has 1 unspecified atom stereocenters. The molecule has 1 atom stereocenters. The highest BCUT2D eigenvalue weighted by Crippen LogP contribution is 2.39. The van der Waals surface area contributed by atoms with Crippen LogP contribution in [0.4, 0.5) is 5.69 Å². The molecule has 28 heavy (non-hydrogen) atoms. The molecule has 2 aromatic rings. The molecule has 1 heterocycles. The Hall–Kier alpha value is -3.70. The summed E-state index contributed by atoms with van der Waals surface area (Å²) in [6.07, 6.45) is 0. The van der Waals surface area contributed by atoms with Gasteiger partial charge in [-0.25, -0.2) is 0 Å². The summed E-state index contributed by atoms with van der Waals surface area (Å²) in [5.74, 6) is -2.46. The molecule has 2 aromatic carbocycles. The number of carbonyl (C=O) groups excluding carboxylic acids is 2. The number of nitro groups is 1. The monoisotopic (exact) mass is 397 g/mol. The van der Waals surface area contributed by atoms with Crippen molar-refractivity contribution in [2.24, 2.45) is 0 Å². The standard InChI is InChI=1S/C19H12ClN3O5/c20-13-6-4-11(5-7-13)16-15(18(25)19(26)22(16)9-8-21)17(24)12-2-1-3-14(10-12)23(27)28/h1-7,10,16,24H,9H2/b17-15+. The van der Waals surface area contributed by atoms with Crippen LogP contribution in [0.5, 0.6) is 0 Å². The highest BCUT2D eigenvalue weighted by Gasteiger charge is 2.46. The molecule has 8 nitrogen and oxygen atoms in total. The van der Waals surface area contributed by atoms with Crippen molar-refractivity contribution >= 4 is 34.7 Å². The molecule has 1 aliphatic rings. The van der Waals surface area contributed by atoms with Gasteiger partial charge in [0.1, 0.15) is 12.3 Å². The van der Waals surface area contributed by atoms with E-state index in [9.17, 15) is 24.8 Å². The normalized spacial score (nSPS) is 18.1. The van der Waals surface area contributed by atoms with Gasteiger partial charge in [0.05, 0.1) is 22.6 Å². The van der Waals surface area contributed by atoms with Gasteiger partial charge in [0.25, 0.3) is 17.4 Å². The van der Waals surface area contributed by atoms with Crippen molar-refractivity contribution in [3.05, 3.63) is 80.4 Å². The van der Waals surface area contributed by atoms with Gasteiger partial charge < -0.3 is 10.0 Å². The summed E-state index contributed by atoms with van der Waals surface area (Å²) in [5, 5.41) is 31.2. The lowest BCUT2D eigenvalue weighted by molar-refractivity contribution is -0.384. The van der Waals surface area contributed by atoms with E-state index in [-0.39, 0.29) is 23.4 Å². The van der Waals surface area contributed by atoms with Crippen LogP contribution >= 0.6 is 11.6 Å². The third-order valence-electron chi connectivity index (χ3n) is 4.30. The Morgan fingerprint density at radius 3 is 2.54 bits per heavy atom. The van der Waals surface area contributed by atoms with Gasteiger partial charge in [-0.05, 0) is 17.7 Å². The number of ketones is 1. The maximum absolute atomic E-state index is 12.6. The average Bonchev–Trinajstić information content (AvgIpc) is 2.93. The molecule has 1 saturated heterocycles. The first kappa shape index (κ1) is 19.1. The van der Waals surface area contributed by atoms with Gasteiger partial charge in [0, 0.05) is 22.7 Å². The summed E-state index contributed by atoms with van der Waals surface area (Å²) >= 11 is 5.89. The van der Waals surface area contributed by atoms with Crippen LogP contribution in [-0.4, -0.2) is 33.2 Å². The number of aliphatic hydroxyl groups excluding tert-OH is 1. The number of non-ortho nitro benzene ring substituents is 1. The molecule has 1 fully saturated rings. The second-order valence-electron chi connectivity index (χ2n) is 5.94. The molecule has 9 heteroatoms. The van der Waals surface area contributed by atoms with Crippen LogP contribution in [0, 0.1) is 21.4 Å². The van der Waals surface area contributed by atoms with E-state index >= 15 is 0 Å². The van der Waals surface area contributed by atoms with Crippen LogP contribution in [0.15, 0.2) is 54.1 Å². The van der Waals surface area contributed by atoms with Crippen LogP contribution in [-0.2, 0) is 9.59 Å². The molecule has 3 rings (SSSR count). The lowest BCUT2D eigenvalue weighted by atomic mass is 9.95. The lowest BCUT2D eigenvalue weighted by Gasteiger charge is -2.22. The van der Waals surface area contributed by atoms with Crippen molar-refractivity contribution in [3.8, 4) is 6.07 Å². The number of nitro benzene ring substituents is 1. The smallest absolute Gasteiger partial charge is 0.296 e. The number of carbonyl (C=O) groups is 2. The van der Waals surface area contributed by atoms with Crippen LogP contribution < -0.4 is 0 Å². The molecule has 140 valence electrons. The number of Topliss-reactive ketones (excluding diaryl/α,β-unsaturated/α-hetero) is 1. The lowest BCUT2D eigenvalue weighted by Crippen LogP contribution is -2.29. The Morgan fingerprint density at radius 2 is 1.93 bits per heavy atom. The summed E-state index contributed by atoms with van der Waals surface area (Å²) in [6, 6.07) is 12.1. The molecular formula is C19H12ClN3O5. The molecule has 0 aromatic heterocycles. The first-order chi connectivity index (χ1) is 13.3. The van der Waals surface area contributed by atoms with Gasteiger partial charge >= 0.3 is 0 Å². The van der Waals surface area contributed by atoms with Crippen molar-refractivity contribution in [2.45, 2.75) is 6.04 Å². The number of amides is 1. The molecule has 1 aliphatic heterocycles. The third-order valence-corrected chi connectivity index (χ3v) is 4.55. The predicted octanol–water partition coefficient (Wildman–Crippen LogP) is 3.19. The zero-order chi connectivity index (χ0) is 20.4. The number of aliphatic hydroxyl groups is 1. The Balaban J connectivity index is 2.21. The highest BCUT2D eigenvalue weighted by atomic mass is 35.5. The fraction of sp³-hybridized carbons (Fsp3) is 0.105. The summed E-state index contributed by atoms with van der Waals surface area (Å²) in [5.41, 5.74) is -0.0460. The van der Waals surface area contributed by atoms with Gasteiger partial charge in [0.15, 0.2) is 0 Å². The molecule has 1 amide bonds. The first-order valence-electron chi connectivity index (χ1n) is 8.00. The summed E-state index contributed by atoms with van der Waals surface area (Å²) in [7, 11) is 0. The van der Waals surface area contributed by atoms with E-state index in [1.807, 2.05) is 6.07 Å². The van der Waals surface area contributed by atoms with E-state index in [1.54, 1.807) is 24.3 Å². The largest absolute Gasteiger partial charge is 0.507 e. The molecular weight excluding hydrogens is 386 g/mol. The van der Waals surface area contributed by atoms with E-state index in [0.29, 0.717) is 10.6 Å². The van der Waals surface area contributed by atoms with Crippen molar-refractivity contribution in [3.63, 3.8) is 0 Å². The summed E-state index contributed by atoms with van der Waals surface area (Å²) in [4.78, 5) is 36.4. The second kappa shape index (κ2) is 7.50. The van der Waals surface area contributed by atoms with Crippen molar-refractivity contribution < 1.29 is 19.6 Å². The van der Waals surface area contributed by atoms with Crippen LogP contribution in [0.2, 0.25) is 5.02 Å². The summed E-state index contributed by atoms with van der Waals surface area (Å²) < 4.78 is 0. The third kappa shape index (κ3) is 3.31. The van der Waals surface area contributed by atoms with Gasteiger partial charge in [0.2, 0.25) is 0 Å². The number of halogens is 1. The van der Waals surface area contributed by atoms with E-state index in [1.165, 1.54) is 18.2 Å². The zero-order valence-corrected chi connectivity index (χ0v) is 15.0. The van der Waals surface area contributed by atoms with Crippen LogP contribution in [0.3, 0.4) is 0 Å². The molecule has 0 saturated carbocycles. The van der Waals surface area contributed by atoms with Crippen molar-refractivity contribution in [1.29, 1.82) is 5.26 Å². The van der Waals surface area contributed by atoms with Crippen molar-refractivity contribution in [2.75, 3.05) is 6.54 Å². The number of hydrogen-bond acceptors (Lipinski definition) is 6. The fourth-order valence-electron chi connectivity index (χ4n) is 3.03. The Kier molecular flexibility index (Phi) is 5.11. The molecule has 0 radical (unpaired) electrons. The molecule has 0 aliphatic carbocycles. The zero-order valence-electron chi connectivity index (χ0n) is 14.2. The van der Waals surface area contributed by atoms with Gasteiger partial charge in [-0.15, -0.1) is 0 Å². The van der Waals surface area contributed by atoms with E-state index in [4.69, 9.17) is 16.9 Å². The van der Waals surface area contributed by atoms with Gasteiger partial charge in [-0.1, -0.05) is 35.9 Å². The van der Waals surface area contributed by atoms with Crippen molar-refractivity contribution in [1.82, 2.24) is 4.90 Å². The Labute approximate surface area is 164 Å². The first-order valence-corrected chi connectivity index (χ1v) is 8.38. The maximum atomic E-state index is 12.6. The molecule has 0 spiro atoms. The average molecular weight is 398 g/mol. The molecule has 0 bridgehead atoms. The molecule has 1 N–H and O–H groups in total. The Bertz CT molecular complexity index is 1060. The highest BCUT2D eigenvalue weighted by molar-refractivity contribution is 6.46. The number of benzene rings is 2. The van der Waals surface area contributed by atoms with E-state index in [2.05, 4.69) is 0 Å². The summed E-state index contributed by atoms with van der Waals surface area (Å²) in [6.45, 7) is -0.371. The maximum Gasteiger partial charge on any atom is 0.296 e.